The van der Waals surface area contributed by atoms with E-state index in [-0.39, 0.29) is 23.0 Å². The zero-order valence-electron chi connectivity index (χ0n) is 10.3. The van der Waals surface area contributed by atoms with Crippen LogP contribution < -0.4 is 0 Å². The third kappa shape index (κ3) is 2.56. The van der Waals surface area contributed by atoms with Crippen LogP contribution in [-0.4, -0.2) is 35.0 Å². The van der Waals surface area contributed by atoms with E-state index in [4.69, 9.17) is 16.7 Å². The molecule has 1 heterocycles. The van der Waals surface area contributed by atoms with E-state index >= 15 is 0 Å². The van der Waals surface area contributed by atoms with E-state index in [1.54, 1.807) is 6.92 Å². The van der Waals surface area contributed by atoms with Gasteiger partial charge in [0.1, 0.15) is 5.82 Å². The van der Waals surface area contributed by atoms with Crippen molar-refractivity contribution in [1.82, 2.24) is 4.90 Å². The number of aliphatic carboxylic acids is 1. The Bertz CT molecular complexity index is 535. The molecule has 1 aliphatic heterocycles. The quantitative estimate of drug-likeness (QED) is 0.907. The molecule has 0 radical (unpaired) electrons. The van der Waals surface area contributed by atoms with Crippen LogP contribution in [0.2, 0.25) is 5.02 Å². The summed E-state index contributed by atoms with van der Waals surface area (Å²) in [5.41, 5.74) is 0.0694. The summed E-state index contributed by atoms with van der Waals surface area (Å²) in [5.74, 6) is -2.73. The molecule has 0 bridgehead atoms. The topological polar surface area (TPSA) is 57.6 Å². The van der Waals surface area contributed by atoms with E-state index in [1.807, 2.05) is 0 Å². The lowest BCUT2D eigenvalue weighted by Crippen LogP contribution is -2.30. The van der Waals surface area contributed by atoms with E-state index in [9.17, 15) is 14.0 Å². The maximum Gasteiger partial charge on any atom is 0.308 e. The van der Waals surface area contributed by atoms with Gasteiger partial charge in [-0.25, -0.2) is 4.39 Å². The van der Waals surface area contributed by atoms with Crippen molar-refractivity contribution in [1.29, 1.82) is 0 Å². The first-order valence-electron chi connectivity index (χ1n) is 5.88. The number of hydrogen-bond donors (Lipinski definition) is 1. The summed E-state index contributed by atoms with van der Waals surface area (Å²) in [6.07, 6.45) is 0. The van der Waals surface area contributed by atoms with Crippen molar-refractivity contribution < 1.29 is 19.1 Å². The predicted molar refractivity (Wildman–Crippen MR) is 67.6 cm³/mol. The van der Waals surface area contributed by atoms with Crippen molar-refractivity contribution in [2.24, 2.45) is 11.8 Å². The Labute approximate surface area is 114 Å². The first-order valence-corrected chi connectivity index (χ1v) is 6.25. The van der Waals surface area contributed by atoms with Gasteiger partial charge in [0.2, 0.25) is 0 Å². The fourth-order valence-corrected chi connectivity index (χ4v) is 2.50. The molecule has 2 rings (SSSR count). The molecule has 0 aromatic heterocycles. The van der Waals surface area contributed by atoms with Gasteiger partial charge < -0.3 is 10.0 Å². The summed E-state index contributed by atoms with van der Waals surface area (Å²) in [6, 6.07) is 4.01. The molecule has 1 saturated heterocycles. The molecule has 1 aromatic carbocycles. The van der Waals surface area contributed by atoms with Gasteiger partial charge in [0, 0.05) is 13.1 Å². The van der Waals surface area contributed by atoms with E-state index in [2.05, 4.69) is 0 Å². The highest BCUT2D eigenvalue weighted by Gasteiger charge is 2.37. The molecule has 1 amide bonds. The molecule has 1 fully saturated rings. The summed E-state index contributed by atoms with van der Waals surface area (Å²) in [4.78, 5) is 24.6. The van der Waals surface area contributed by atoms with Crippen LogP contribution in [0.25, 0.3) is 0 Å². The number of benzene rings is 1. The van der Waals surface area contributed by atoms with Gasteiger partial charge in [0.25, 0.3) is 5.91 Å². The molecule has 0 spiro atoms. The summed E-state index contributed by atoms with van der Waals surface area (Å²) < 4.78 is 13.3. The average Bonchev–Trinajstić information content (AvgIpc) is 2.74. The number of carbonyl (C=O) groups is 2. The number of amides is 1. The largest absolute Gasteiger partial charge is 0.481 e. The highest BCUT2D eigenvalue weighted by atomic mass is 35.5. The van der Waals surface area contributed by atoms with Gasteiger partial charge in [-0.1, -0.05) is 24.6 Å². The van der Waals surface area contributed by atoms with Gasteiger partial charge in [0.15, 0.2) is 0 Å². The SMILES string of the molecule is CC1CN(C(=O)c2cccc(F)c2Cl)CC1C(=O)O. The lowest BCUT2D eigenvalue weighted by molar-refractivity contribution is -0.142. The molecule has 1 aliphatic rings. The molecule has 19 heavy (non-hydrogen) atoms. The van der Waals surface area contributed by atoms with E-state index in [0.29, 0.717) is 6.54 Å². The number of carboxylic acid groups (broad SMARTS) is 1. The maximum atomic E-state index is 13.3. The number of rotatable bonds is 2. The number of nitrogens with zero attached hydrogens (tertiary/aromatic N) is 1. The normalized spacial score (nSPS) is 22.6. The second-order valence-corrected chi connectivity index (χ2v) is 5.11. The van der Waals surface area contributed by atoms with Gasteiger partial charge in [0.05, 0.1) is 16.5 Å². The second kappa shape index (κ2) is 5.17. The molecule has 6 heteroatoms. The standard InChI is InChI=1S/C13H13ClFNO3/c1-7-5-16(6-9(7)13(18)19)12(17)8-3-2-4-10(15)11(8)14/h2-4,7,9H,5-6H2,1H3,(H,18,19). The maximum absolute atomic E-state index is 13.3. The highest BCUT2D eigenvalue weighted by molar-refractivity contribution is 6.34. The molecule has 2 atom stereocenters. The Hall–Kier alpha value is -1.62. The number of halogens is 2. The third-order valence-electron chi connectivity index (χ3n) is 3.40. The van der Waals surface area contributed by atoms with Crippen molar-refractivity contribution in [3.05, 3.63) is 34.6 Å². The summed E-state index contributed by atoms with van der Waals surface area (Å²) >= 11 is 5.76. The van der Waals surface area contributed by atoms with Crippen LogP contribution in [0.15, 0.2) is 18.2 Å². The van der Waals surface area contributed by atoms with Crippen LogP contribution in [0.3, 0.4) is 0 Å². The Balaban J connectivity index is 2.22. The van der Waals surface area contributed by atoms with Gasteiger partial charge >= 0.3 is 5.97 Å². The first-order chi connectivity index (χ1) is 8.91. The number of carbonyl (C=O) groups excluding carboxylic acids is 1. The Kier molecular flexibility index (Phi) is 3.75. The smallest absolute Gasteiger partial charge is 0.308 e. The van der Waals surface area contributed by atoms with Crippen LogP contribution in [0.1, 0.15) is 17.3 Å². The van der Waals surface area contributed by atoms with Crippen LogP contribution in [0, 0.1) is 17.7 Å². The number of hydrogen-bond acceptors (Lipinski definition) is 2. The van der Waals surface area contributed by atoms with Gasteiger partial charge in [-0.05, 0) is 18.1 Å². The fraction of sp³-hybridized carbons (Fsp3) is 0.385. The van der Waals surface area contributed by atoms with Crippen LogP contribution in [0.5, 0.6) is 0 Å². The van der Waals surface area contributed by atoms with Gasteiger partial charge in [-0.15, -0.1) is 0 Å². The van der Waals surface area contributed by atoms with Crippen LogP contribution in [0.4, 0.5) is 4.39 Å². The lowest BCUT2D eigenvalue weighted by atomic mass is 9.99. The highest BCUT2D eigenvalue weighted by Crippen LogP contribution is 2.27. The minimum Gasteiger partial charge on any atom is -0.481 e. The number of carboxylic acids is 1. The molecular weight excluding hydrogens is 273 g/mol. The molecule has 102 valence electrons. The van der Waals surface area contributed by atoms with Crippen molar-refractivity contribution in [2.45, 2.75) is 6.92 Å². The van der Waals surface area contributed by atoms with Crippen molar-refractivity contribution in [3.63, 3.8) is 0 Å². The van der Waals surface area contributed by atoms with Gasteiger partial charge in [-0.2, -0.15) is 0 Å². The van der Waals surface area contributed by atoms with Crippen LogP contribution in [-0.2, 0) is 4.79 Å². The molecule has 0 saturated carbocycles. The molecular formula is C13H13ClFNO3. The third-order valence-corrected chi connectivity index (χ3v) is 3.78. The van der Waals surface area contributed by atoms with E-state index in [1.165, 1.54) is 23.1 Å². The minimum atomic E-state index is -0.923. The Morgan fingerprint density at radius 2 is 2.11 bits per heavy atom. The van der Waals surface area contributed by atoms with Crippen molar-refractivity contribution >= 4 is 23.5 Å². The minimum absolute atomic E-state index is 0.0694. The summed E-state index contributed by atoms with van der Waals surface area (Å²) in [7, 11) is 0. The Morgan fingerprint density at radius 3 is 2.68 bits per heavy atom. The first kappa shape index (κ1) is 13.8. The second-order valence-electron chi connectivity index (χ2n) is 4.73. The van der Waals surface area contributed by atoms with E-state index in [0.717, 1.165) is 0 Å². The molecule has 1 aromatic rings. The zero-order chi connectivity index (χ0) is 14.2. The van der Waals surface area contributed by atoms with E-state index < -0.39 is 23.6 Å². The summed E-state index contributed by atoms with van der Waals surface area (Å²) in [5, 5.41) is 8.81. The fourth-order valence-electron chi connectivity index (χ4n) is 2.29. The number of likely N-dealkylation sites (tertiary alicyclic amines) is 1. The van der Waals surface area contributed by atoms with Crippen molar-refractivity contribution in [3.8, 4) is 0 Å². The lowest BCUT2D eigenvalue weighted by Gasteiger charge is -2.16. The van der Waals surface area contributed by atoms with Crippen molar-refractivity contribution in [2.75, 3.05) is 13.1 Å². The monoisotopic (exact) mass is 285 g/mol. The predicted octanol–water partition coefficient (Wildman–Crippen LogP) is 2.27. The molecule has 0 aliphatic carbocycles. The summed E-state index contributed by atoms with van der Waals surface area (Å²) in [6.45, 7) is 2.24. The molecule has 1 N–H and O–H groups in total. The molecule has 2 unspecified atom stereocenters. The van der Waals surface area contributed by atoms with Crippen LogP contribution >= 0.6 is 11.6 Å². The zero-order valence-corrected chi connectivity index (χ0v) is 11.0. The average molecular weight is 286 g/mol. The van der Waals surface area contributed by atoms with Gasteiger partial charge in [-0.3, -0.25) is 9.59 Å². The Morgan fingerprint density at radius 1 is 1.42 bits per heavy atom. The molecule has 4 nitrogen and oxygen atoms in total.